The van der Waals surface area contributed by atoms with Crippen molar-refractivity contribution in [3.05, 3.63) is 35.9 Å². The van der Waals surface area contributed by atoms with Gasteiger partial charge < -0.3 is 4.90 Å². The van der Waals surface area contributed by atoms with Crippen LogP contribution in [0.3, 0.4) is 0 Å². The molecule has 0 aromatic heterocycles. The van der Waals surface area contributed by atoms with Crippen LogP contribution in [0.5, 0.6) is 0 Å². The zero-order valence-corrected chi connectivity index (χ0v) is 9.49. The van der Waals surface area contributed by atoms with Gasteiger partial charge in [-0.15, -0.1) is 0 Å². The summed E-state index contributed by atoms with van der Waals surface area (Å²) < 4.78 is 0. The highest BCUT2D eigenvalue weighted by Crippen LogP contribution is 2.04. The van der Waals surface area contributed by atoms with Gasteiger partial charge in [-0.3, -0.25) is 4.79 Å². The van der Waals surface area contributed by atoms with Crippen LogP contribution in [0.4, 0.5) is 0 Å². The van der Waals surface area contributed by atoms with Gasteiger partial charge in [0.05, 0.1) is 0 Å². The second-order valence-electron chi connectivity index (χ2n) is 3.71. The Morgan fingerprint density at radius 3 is 2.80 bits per heavy atom. The molecule has 2 nitrogen and oxygen atoms in total. The summed E-state index contributed by atoms with van der Waals surface area (Å²) in [7, 11) is 1.85. The third-order valence-electron chi connectivity index (χ3n) is 2.38. The Kier molecular flexibility index (Phi) is 4.88. The van der Waals surface area contributed by atoms with Crippen molar-refractivity contribution in [3.8, 4) is 0 Å². The standard InChI is InChI=1S/C13H18NO/c1-3-4-8-11-14(2)13(15)12-9-6-5-7-10-12/h5-7,9H,3-4,8,11H2,1-2H3. The van der Waals surface area contributed by atoms with Crippen molar-refractivity contribution in [2.75, 3.05) is 13.6 Å². The predicted octanol–water partition coefficient (Wildman–Crippen LogP) is 2.75. The van der Waals surface area contributed by atoms with E-state index in [4.69, 9.17) is 0 Å². The van der Waals surface area contributed by atoms with E-state index >= 15 is 0 Å². The number of unbranched alkanes of at least 4 members (excludes halogenated alkanes) is 2. The largest absolute Gasteiger partial charge is 0.342 e. The average molecular weight is 204 g/mol. The molecule has 0 unspecified atom stereocenters. The SMILES string of the molecule is CCCCCN(C)C(=O)c1[c]cccc1. The van der Waals surface area contributed by atoms with E-state index in [-0.39, 0.29) is 5.91 Å². The molecule has 0 aliphatic carbocycles. The lowest BCUT2D eigenvalue weighted by molar-refractivity contribution is 0.0792. The molecule has 0 spiro atoms. The summed E-state index contributed by atoms with van der Waals surface area (Å²) >= 11 is 0. The van der Waals surface area contributed by atoms with E-state index in [1.54, 1.807) is 17.0 Å². The number of hydrogen-bond donors (Lipinski definition) is 0. The molecular formula is C13H18NO. The van der Waals surface area contributed by atoms with Crippen molar-refractivity contribution in [2.24, 2.45) is 0 Å². The molecule has 1 radical (unpaired) electrons. The number of benzene rings is 1. The zero-order valence-electron chi connectivity index (χ0n) is 9.49. The monoisotopic (exact) mass is 204 g/mol. The normalized spacial score (nSPS) is 10.0. The van der Waals surface area contributed by atoms with Gasteiger partial charge in [0.2, 0.25) is 0 Å². The fourth-order valence-electron chi connectivity index (χ4n) is 1.43. The number of carbonyl (C=O) groups is 1. The van der Waals surface area contributed by atoms with Gasteiger partial charge in [0, 0.05) is 19.2 Å². The fourth-order valence-corrected chi connectivity index (χ4v) is 1.43. The van der Waals surface area contributed by atoms with E-state index < -0.39 is 0 Å². The Labute approximate surface area is 91.9 Å². The van der Waals surface area contributed by atoms with Crippen LogP contribution in [0.25, 0.3) is 0 Å². The van der Waals surface area contributed by atoms with Crippen LogP contribution in [-0.4, -0.2) is 24.4 Å². The molecule has 0 N–H and O–H groups in total. The summed E-state index contributed by atoms with van der Waals surface area (Å²) in [6.07, 6.45) is 3.43. The molecule has 1 rings (SSSR count). The second-order valence-corrected chi connectivity index (χ2v) is 3.71. The summed E-state index contributed by atoms with van der Waals surface area (Å²) in [5, 5.41) is 0. The maximum Gasteiger partial charge on any atom is 0.254 e. The zero-order chi connectivity index (χ0) is 11.1. The van der Waals surface area contributed by atoms with Gasteiger partial charge in [-0.05, 0) is 18.6 Å². The van der Waals surface area contributed by atoms with E-state index in [1.165, 1.54) is 12.8 Å². The molecule has 0 fully saturated rings. The number of nitrogens with zero attached hydrogens (tertiary/aromatic N) is 1. The van der Waals surface area contributed by atoms with E-state index in [0.717, 1.165) is 13.0 Å². The Morgan fingerprint density at radius 2 is 2.20 bits per heavy atom. The third kappa shape index (κ3) is 3.74. The molecule has 81 valence electrons. The van der Waals surface area contributed by atoms with Crippen LogP contribution in [0.15, 0.2) is 24.3 Å². The van der Waals surface area contributed by atoms with Crippen LogP contribution in [0, 0.1) is 6.07 Å². The van der Waals surface area contributed by atoms with E-state index in [0.29, 0.717) is 5.56 Å². The lowest BCUT2D eigenvalue weighted by Crippen LogP contribution is -2.27. The smallest absolute Gasteiger partial charge is 0.254 e. The summed E-state index contributed by atoms with van der Waals surface area (Å²) in [4.78, 5) is 13.6. The fraction of sp³-hybridized carbons (Fsp3) is 0.462. The van der Waals surface area contributed by atoms with Gasteiger partial charge >= 0.3 is 0 Å². The first kappa shape index (κ1) is 11.8. The molecule has 1 aromatic rings. The van der Waals surface area contributed by atoms with Gasteiger partial charge in [0.1, 0.15) is 0 Å². The Morgan fingerprint density at radius 1 is 1.40 bits per heavy atom. The van der Waals surface area contributed by atoms with Crippen LogP contribution in [-0.2, 0) is 0 Å². The summed E-state index contributed by atoms with van der Waals surface area (Å²) in [5.41, 5.74) is 0.650. The van der Waals surface area contributed by atoms with Crippen LogP contribution >= 0.6 is 0 Å². The van der Waals surface area contributed by atoms with Crippen LogP contribution < -0.4 is 0 Å². The number of carbonyl (C=O) groups excluding carboxylic acids is 1. The Hall–Kier alpha value is -1.31. The molecular weight excluding hydrogens is 186 g/mol. The van der Waals surface area contributed by atoms with Crippen molar-refractivity contribution in [3.63, 3.8) is 0 Å². The molecule has 0 heterocycles. The number of amides is 1. The van der Waals surface area contributed by atoms with E-state index in [9.17, 15) is 4.79 Å². The van der Waals surface area contributed by atoms with Gasteiger partial charge in [-0.1, -0.05) is 38.0 Å². The molecule has 0 saturated carbocycles. The molecule has 0 saturated heterocycles. The van der Waals surface area contributed by atoms with Crippen molar-refractivity contribution >= 4 is 5.91 Å². The van der Waals surface area contributed by atoms with Crippen molar-refractivity contribution in [2.45, 2.75) is 26.2 Å². The van der Waals surface area contributed by atoms with Gasteiger partial charge in [-0.2, -0.15) is 0 Å². The Bertz CT molecular complexity index is 295. The maximum absolute atomic E-state index is 11.8. The molecule has 1 aromatic carbocycles. The molecule has 0 atom stereocenters. The average Bonchev–Trinajstić information content (AvgIpc) is 2.29. The molecule has 2 heteroatoms. The molecule has 0 aliphatic heterocycles. The first-order valence-corrected chi connectivity index (χ1v) is 5.48. The lowest BCUT2D eigenvalue weighted by atomic mass is 10.2. The van der Waals surface area contributed by atoms with Crippen LogP contribution in [0.1, 0.15) is 36.5 Å². The van der Waals surface area contributed by atoms with E-state index in [1.807, 2.05) is 19.2 Å². The van der Waals surface area contributed by atoms with Gasteiger partial charge in [0.25, 0.3) is 5.91 Å². The van der Waals surface area contributed by atoms with Gasteiger partial charge in [-0.25, -0.2) is 0 Å². The quantitative estimate of drug-likeness (QED) is 0.675. The molecule has 0 aliphatic rings. The molecule has 15 heavy (non-hydrogen) atoms. The highest BCUT2D eigenvalue weighted by Gasteiger charge is 2.09. The third-order valence-corrected chi connectivity index (χ3v) is 2.38. The first-order chi connectivity index (χ1) is 7.25. The van der Waals surface area contributed by atoms with E-state index in [2.05, 4.69) is 13.0 Å². The van der Waals surface area contributed by atoms with Crippen LogP contribution in [0.2, 0.25) is 0 Å². The molecule has 1 amide bonds. The minimum absolute atomic E-state index is 0.0618. The summed E-state index contributed by atoms with van der Waals surface area (Å²) in [6, 6.07) is 10.3. The topological polar surface area (TPSA) is 20.3 Å². The Balaban J connectivity index is 2.46. The number of hydrogen-bond acceptors (Lipinski definition) is 1. The first-order valence-electron chi connectivity index (χ1n) is 5.48. The van der Waals surface area contributed by atoms with Crippen molar-refractivity contribution in [1.29, 1.82) is 0 Å². The van der Waals surface area contributed by atoms with Gasteiger partial charge in [0.15, 0.2) is 0 Å². The highest BCUT2D eigenvalue weighted by molar-refractivity contribution is 5.93. The summed E-state index contributed by atoms with van der Waals surface area (Å²) in [6.45, 7) is 2.99. The lowest BCUT2D eigenvalue weighted by Gasteiger charge is -2.16. The number of rotatable bonds is 5. The van der Waals surface area contributed by atoms with Crippen molar-refractivity contribution < 1.29 is 4.79 Å². The predicted molar refractivity (Wildman–Crippen MR) is 61.8 cm³/mol. The maximum atomic E-state index is 11.8. The van der Waals surface area contributed by atoms with Crippen molar-refractivity contribution in [1.82, 2.24) is 4.90 Å². The minimum atomic E-state index is 0.0618. The minimum Gasteiger partial charge on any atom is -0.342 e. The highest BCUT2D eigenvalue weighted by atomic mass is 16.2. The summed E-state index contributed by atoms with van der Waals surface area (Å²) in [5.74, 6) is 0.0618. The second kappa shape index (κ2) is 6.23. The molecule has 0 bridgehead atoms.